The first-order valence-electron chi connectivity index (χ1n) is 15.3. The summed E-state index contributed by atoms with van der Waals surface area (Å²) < 4.78 is 132. The average Bonchev–Trinajstić information content (AvgIpc) is 3.02. The van der Waals surface area contributed by atoms with Gasteiger partial charge in [-0.2, -0.15) is 0 Å². The van der Waals surface area contributed by atoms with E-state index in [4.69, 9.17) is 14.2 Å². The molecule has 0 spiro atoms. The second kappa shape index (κ2) is 15.3. The molecule has 1 aliphatic rings. The normalized spacial score (nSPS) is 18.0. The second-order valence-electron chi connectivity index (χ2n) is 11.2. The van der Waals surface area contributed by atoms with Gasteiger partial charge in [-0.1, -0.05) is 46.6 Å². The molecule has 2 atom stereocenters. The minimum absolute atomic E-state index is 0.0659. The molecule has 4 rings (SSSR count). The van der Waals surface area contributed by atoms with Crippen molar-refractivity contribution >= 4 is 10.2 Å². The highest BCUT2D eigenvalue weighted by Crippen LogP contribution is 3.02. The minimum Gasteiger partial charge on any atom is -0.493 e. The fraction of sp³-hybridized carbons (Fsp3) is 0.455. The largest absolute Gasteiger partial charge is 0.493 e. The highest BCUT2D eigenvalue weighted by molar-refractivity contribution is 8.45. The van der Waals surface area contributed by atoms with E-state index in [-0.39, 0.29) is 23.8 Å². The maximum atomic E-state index is 14.5. The van der Waals surface area contributed by atoms with Gasteiger partial charge in [-0.25, -0.2) is 13.2 Å². The standard InChI is InChI=1S/C27H35F3O3.C6H4F6OS/c1-4-7-18-8-9-24(33-17-18)19-14-25(31-10-5-2)27(26(15-19)32-11-6-3)20-12-22(29)21(16-28)23(30)13-20;7-13-5-1-3-6(4-2-5)14(8,9,10,11)12/h12-15,18,24H,4-11,16-17H2,1-3H3;1-4H/t18-,24?;/m1./s1. The van der Waals surface area contributed by atoms with Crippen LogP contribution in [0.2, 0.25) is 0 Å². The molecular weight excluding hydrogens is 663 g/mol. The predicted octanol–water partition coefficient (Wildman–Crippen LogP) is 12.6. The Balaban J connectivity index is 0.000000358. The van der Waals surface area contributed by atoms with Gasteiger partial charge < -0.3 is 14.2 Å². The van der Waals surface area contributed by atoms with Crippen LogP contribution in [0.1, 0.15) is 76.5 Å². The Hall–Kier alpha value is -3.26. The van der Waals surface area contributed by atoms with Crippen molar-refractivity contribution in [3.8, 4) is 28.4 Å². The van der Waals surface area contributed by atoms with Crippen molar-refractivity contribution < 1.29 is 56.3 Å². The van der Waals surface area contributed by atoms with Crippen molar-refractivity contribution in [1.29, 1.82) is 0 Å². The van der Waals surface area contributed by atoms with Crippen molar-refractivity contribution in [2.24, 2.45) is 5.92 Å². The molecule has 0 aromatic heterocycles. The van der Waals surface area contributed by atoms with E-state index in [2.05, 4.69) is 11.9 Å². The summed E-state index contributed by atoms with van der Waals surface area (Å²) in [6.45, 7) is 6.58. The number of halogens is 9. The number of hydrogen-bond donors (Lipinski definition) is 0. The number of alkyl halides is 1. The monoisotopic (exact) mass is 702 g/mol. The Kier molecular flexibility index (Phi) is 12.4. The Morgan fingerprint density at radius 1 is 0.787 bits per heavy atom. The SMILES string of the molecule is CCCOc1cc(C2CC[C@@H](CCC)CO2)cc(OCCC)c1-c1cc(F)c(CF)c(F)c1.FOc1ccc(S(F)(F)(F)(F)F)cc1. The lowest BCUT2D eigenvalue weighted by Gasteiger charge is -2.40. The van der Waals surface area contributed by atoms with Crippen LogP contribution in [0.4, 0.5) is 37.1 Å². The number of benzene rings is 3. The molecule has 14 heteroatoms. The van der Waals surface area contributed by atoms with Gasteiger partial charge in [-0.05, 0) is 97.7 Å². The molecule has 1 unspecified atom stereocenters. The fourth-order valence-corrected chi connectivity index (χ4v) is 5.71. The molecule has 1 fully saturated rings. The van der Waals surface area contributed by atoms with Crippen molar-refractivity contribution in [2.45, 2.75) is 77.0 Å². The molecule has 0 bridgehead atoms. The van der Waals surface area contributed by atoms with Crippen molar-refractivity contribution in [1.82, 2.24) is 0 Å². The van der Waals surface area contributed by atoms with Gasteiger partial charge in [0.25, 0.3) is 0 Å². The quantitative estimate of drug-likeness (QED) is 0.166. The van der Waals surface area contributed by atoms with Crippen LogP contribution >= 0.6 is 10.2 Å². The van der Waals surface area contributed by atoms with Gasteiger partial charge in [-0.3, -0.25) is 4.94 Å². The highest BCUT2D eigenvalue weighted by atomic mass is 32.5. The zero-order chi connectivity index (χ0) is 34.9. The first-order valence-corrected chi connectivity index (χ1v) is 17.2. The van der Waals surface area contributed by atoms with Crippen LogP contribution < -0.4 is 14.4 Å². The highest BCUT2D eigenvalue weighted by Gasteiger charge is 2.65. The molecule has 3 aromatic carbocycles. The van der Waals surface area contributed by atoms with Crippen LogP contribution in [0.3, 0.4) is 0 Å². The summed E-state index contributed by atoms with van der Waals surface area (Å²) in [4.78, 5) is 0.971. The zero-order valence-corrected chi connectivity index (χ0v) is 27.1. The van der Waals surface area contributed by atoms with Gasteiger partial charge in [0, 0.05) is 4.53 Å². The molecule has 0 radical (unpaired) electrons. The van der Waals surface area contributed by atoms with Gasteiger partial charge in [0.05, 0.1) is 37.1 Å². The van der Waals surface area contributed by atoms with Crippen LogP contribution in [0, 0.1) is 17.6 Å². The molecule has 0 amide bonds. The second-order valence-corrected chi connectivity index (χ2v) is 13.6. The lowest BCUT2D eigenvalue weighted by molar-refractivity contribution is -0.0196. The summed E-state index contributed by atoms with van der Waals surface area (Å²) in [5.74, 6) is -0.847. The third-order valence-electron chi connectivity index (χ3n) is 7.37. The molecule has 264 valence electrons. The van der Waals surface area contributed by atoms with Crippen LogP contribution in [-0.2, 0) is 11.4 Å². The van der Waals surface area contributed by atoms with Crippen LogP contribution in [0.25, 0.3) is 11.1 Å². The van der Waals surface area contributed by atoms with E-state index in [1.807, 2.05) is 26.0 Å². The van der Waals surface area contributed by atoms with Gasteiger partial charge >= 0.3 is 10.2 Å². The van der Waals surface area contributed by atoms with E-state index in [9.17, 15) is 37.1 Å². The van der Waals surface area contributed by atoms with Gasteiger partial charge in [0.15, 0.2) is 5.75 Å². The number of hydrogen-bond acceptors (Lipinski definition) is 4. The van der Waals surface area contributed by atoms with E-state index in [1.165, 1.54) is 0 Å². The van der Waals surface area contributed by atoms with Crippen LogP contribution in [-0.4, -0.2) is 19.8 Å². The zero-order valence-electron chi connectivity index (χ0n) is 26.3. The van der Waals surface area contributed by atoms with E-state index in [0.29, 0.717) is 48.3 Å². The molecule has 47 heavy (non-hydrogen) atoms. The maximum Gasteiger partial charge on any atom is 0.310 e. The summed E-state index contributed by atoms with van der Waals surface area (Å²) in [6, 6.07) is 7.16. The molecular formula is C33H39F9O4S. The molecule has 0 aliphatic carbocycles. The van der Waals surface area contributed by atoms with Gasteiger partial charge in [0.2, 0.25) is 0 Å². The predicted molar refractivity (Wildman–Crippen MR) is 164 cm³/mol. The molecule has 0 N–H and O–H groups in total. The van der Waals surface area contributed by atoms with Gasteiger partial charge in [0.1, 0.15) is 34.7 Å². The van der Waals surface area contributed by atoms with E-state index in [0.717, 1.165) is 62.8 Å². The van der Waals surface area contributed by atoms with E-state index < -0.39 is 44.7 Å². The molecule has 1 heterocycles. The van der Waals surface area contributed by atoms with Crippen molar-refractivity contribution in [3.63, 3.8) is 0 Å². The average molecular weight is 703 g/mol. The topological polar surface area (TPSA) is 36.9 Å². The Labute approximate surface area is 268 Å². The Morgan fingerprint density at radius 2 is 1.34 bits per heavy atom. The number of ether oxygens (including phenoxy) is 3. The molecule has 3 aromatic rings. The summed E-state index contributed by atoms with van der Waals surface area (Å²) in [5, 5.41) is 0. The Morgan fingerprint density at radius 3 is 1.74 bits per heavy atom. The smallest absolute Gasteiger partial charge is 0.310 e. The van der Waals surface area contributed by atoms with E-state index in [1.54, 1.807) is 0 Å². The van der Waals surface area contributed by atoms with Gasteiger partial charge in [-0.15, -0.1) is 0 Å². The Bertz CT molecular complexity index is 1410. The van der Waals surface area contributed by atoms with E-state index >= 15 is 0 Å². The third-order valence-corrected chi connectivity index (χ3v) is 8.54. The lowest BCUT2D eigenvalue weighted by atomic mass is 9.90. The van der Waals surface area contributed by atoms with Crippen molar-refractivity contribution in [3.05, 3.63) is 71.3 Å². The third kappa shape index (κ3) is 10.6. The fourth-order valence-electron chi connectivity index (χ4n) is 5.06. The minimum atomic E-state index is -9.64. The van der Waals surface area contributed by atoms with Crippen molar-refractivity contribution in [2.75, 3.05) is 19.8 Å². The molecule has 1 saturated heterocycles. The first kappa shape index (κ1) is 38.2. The lowest BCUT2D eigenvalue weighted by Crippen LogP contribution is -2.20. The number of rotatable bonds is 13. The molecule has 1 aliphatic heterocycles. The summed E-state index contributed by atoms with van der Waals surface area (Å²) >= 11 is 0. The van der Waals surface area contributed by atoms with Crippen LogP contribution in [0.5, 0.6) is 17.2 Å². The molecule has 4 nitrogen and oxygen atoms in total. The summed E-state index contributed by atoms with van der Waals surface area (Å²) in [6.07, 6.45) is 5.77. The summed E-state index contributed by atoms with van der Waals surface area (Å²) in [7, 11) is -9.64. The summed E-state index contributed by atoms with van der Waals surface area (Å²) in [5.41, 5.74) is 1.11. The first-order chi connectivity index (χ1) is 22.0. The van der Waals surface area contributed by atoms with Crippen LogP contribution in [0.15, 0.2) is 53.4 Å². The maximum absolute atomic E-state index is 14.5. The molecule has 0 saturated carbocycles.